The van der Waals surface area contributed by atoms with Gasteiger partial charge in [-0.25, -0.2) is 0 Å². The fourth-order valence-corrected chi connectivity index (χ4v) is 3.45. The van der Waals surface area contributed by atoms with Crippen LogP contribution in [0.5, 0.6) is 11.5 Å². The van der Waals surface area contributed by atoms with Crippen molar-refractivity contribution in [3.05, 3.63) is 58.6 Å². The number of amidine groups is 1. The first-order chi connectivity index (χ1) is 13.5. The molecule has 1 N–H and O–H groups in total. The second-order valence-electron chi connectivity index (χ2n) is 7.12. The molecule has 0 aromatic heterocycles. The predicted molar refractivity (Wildman–Crippen MR) is 114 cm³/mol. The Hall–Kier alpha value is -2.24. The van der Waals surface area contributed by atoms with E-state index in [0.717, 1.165) is 55.3 Å². The Morgan fingerprint density at radius 1 is 1.04 bits per heavy atom. The predicted octanol–water partition coefficient (Wildman–Crippen LogP) is 4.22. The van der Waals surface area contributed by atoms with Gasteiger partial charge in [-0.3, -0.25) is 10.3 Å². The molecule has 150 valence electrons. The summed E-state index contributed by atoms with van der Waals surface area (Å²) in [5.74, 6) is 2.26. The van der Waals surface area contributed by atoms with Crippen LogP contribution in [0.3, 0.4) is 0 Å². The highest BCUT2D eigenvalue weighted by Gasteiger charge is 2.16. The van der Waals surface area contributed by atoms with Crippen molar-refractivity contribution in [1.82, 2.24) is 9.80 Å². The molecule has 1 saturated heterocycles. The van der Waals surface area contributed by atoms with E-state index in [4.69, 9.17) is 26.5 Å². The molecule has 1 fully saturated rings. The third-order valence-electron chi connectivity index (χ3n) is 4.90. The lowest BCUT2D eigenvalue weighted by Crippen LogP contribution is -2.48. The summed E-state index contributed by atoms with van der Waals surface area (Å²) in [6.07, 6.45) is 0. The zero-order chi connectivity index (χ0) is 19.9. The lowest BCUT2D eigenvalue weighted by molar-refractivity contribution is 0.153. The van der Waals surface area contributed by atoms with Crippen molar-refractivity contribution in [2.24, 2.45) is 0 Å². The zero-order valence-electron chi connectivity index (χ0n) is 16.6. The van der Waals surface area contributed by atoms with Crippen molar-refractivity contribution in [2.45, 2.75) is 20.5 Å². The van der Waals surface area contributed by atoms with Crippen LogP contribution in [0.1, 0.15) is 18.1 Å². The average Bonchev–Trinajstić information content (AvgIpc) is 2.67. The molecule has 0 bridgehead atoms. The molecule has 1 aliphatic heterocycles. The molecular formula is C22H28ClN3O2. The number of rotatable bonds is 7. The van der Waals surface area contributed by atoms with Crippen molar-refractivity contribution in [2.75, 3.05) is 39.3 Å². The Bertz CT molecular complexity index is 804. The number of benzene rings is 2. The summed E-state index contributed by atoms with van der Waals surface area (Å²) in [5.41, 5.74) is 2.06. The maximum Gasteiger partial charge on any atom is 0.123 e. The highest BCUT2D eigenvalue weighted by Crippen LogP contribution is 2.24. The minimum atomic E-state index is 0.430. The van der Waals surface area contributed by atoms with E-state index in [1.54, 1.807) is 0 Å². The van der Waals surface area contributed by atoms with Crippen molar-refractivity contribution in [1.29, 1.82) is 5.41 Å². The molecule has 1 heterocycles. The van der Waals surface area contributed by atoms with E-state index in [1.807, 2.05) is 56.3 Å². The minimum absolute atomic E-state index is 0.430. The topological polar surface area (TPSA) is 48.8 Å². The number of hydrogen-bond acceptors (Lipinski definition) is 4. The van der Waals surface area contributed by atoms with Crippen LogP contribution in [0.4, 0.5) is 0 Å². The van der Waals surface area contributed by atoms with Crippen LogP contribution in [-0.4, -0.2) is 55.0 Å². The Labute approximate surface area is 172 Å². The maximum atomic E-state index is 7.71. The van der Waals surface area contributed by atoms with Gasteiger partial charge in [0, 0.05) is 49.4 Å². The number of halogens is 1. The van der Waals surface area contributed by atoms with Crippen molar-refractivity contribution < 1.29 is 9.47 Å². The third-order valence-corrected chi connectivity index (χ3v) is 5.27. The van der Waals surface area contributed by atoms with E-state index >= 15 is 0 Å². The fourth-order valence-electron chi connectivity index (χ4n) is 3.26. The molecule has 0 atom stereocenters. The summed E-state index contributed by atoms with van der Waals surface area (Å²) in [4.78, 5) is 4.49. The standard InChI is InChI=1S/C22H28ClN3O2/c1-17-13-20(27-12-11-25-7-9-26(10-8-25)18(2)24)15-21(14-17)28-16-19-5-3-4-6-22(19)23/h3-6,13-15,24H,7-12,16H2,1-2H3. The van der Waals surface area contributed by atoms with Gasteiger partial charge in [-0.05, 0) is 37.6 Å². The lowest BCUT2D eigenvalue weighted by Gasteiger charge is -2.35. The number of nitrogens with zero attached hydrogens (tertiary/aromatic N) is 2. The smallest absolute Gasteiger partial charge is 0.123 e. The third kappa shape index (κ3) is 5.88. The highest BCUT2D eigenvalue weighted by molar-refractivity contribution is 6.31. The van der Waals surface area contributed by atoms with Crippen LogP contribution in [0, 0.1) is 12.3 Å². The van der Waals surface area contributed by atoms with Crippen LogP contribution in [0.2, 0.25) is 5.02 Å². The summed E-state index contributed by atoms with van der Waals surface area (Å²) >= 11 is 6.20. The molecule has 0 amide bonds. The van der Waals surface area contributed by atoms with Crippen LogP contribution < -0.4 is 9.47 Å². The molecular weight excluding hydrogens is 374 g/mol. The normalized spacial score (nSPS) is 14.8. The summed E-state index contributed by atoms with van der Waals surface area (Å²) in [6, 6.07) is 13.7. The van der Waals surface area contributed by atoms with Gasteiger partial charge >= 0.3 is 0 Å². The van der Waals surface area contributed by atoms with Gasteiger partial charge in [0.2, 0.25) is 0 Å². The largest absolute Gasteiger partial charge is 0.492 e. The fraction of sp³-hybridized carbons (Fsp3) is 0.409. The SMILES string of the molecule is CC(=N)N1CCN(CCOc2cc(C)cc(OCc3ccccc3Cl)c2)CC1. The van der Waals surface area contributed by atoms with Gasteiger partial charge in [-0.1, -0.05) is 29.8 Å². The summed E-state index contributed by atoms with van der Waals surface area (Å²) in [6.45, 7) is 9.61. The molecule has 5 nitrogen and oxygen atoms in total. The molecule has 0 spiro atoms. The first-order valence-corrected chi connectivity index (χ1v) is 10.0. The monoisotopic (exact) mass is 401 g/mol. The maximum absolute atomic E-state index is 7.71. The zero-order valence-corrected chi connectivity index (χ0v) is 17.3. The Morgan fingerprint density at radius 2 is 1.71 bits per heavy atom. The van der Waals surface area contributed by atoms with E-state index in [-0.39, 0.29) is 0 Å². The van der Waals surface area contributed by atoms with Crippen molar-refractivity contribution >= 4 is 17.4 Å². The number of aryl methyl sites for hydroxylation is 1. The van der Waals surface area contributed by atoms with Gasteiger partial charge < -0.3 is 14.4 Å². The van der Waals surface area contributed by atoms with Gasteiger partial charge in [0.05, 0.1) is 5.84 Å². The van der Waals surface area contributed by atoms with E-state index in [2.05, 4.69) is 9.80 Å². The van der Waals surface area contributed by atoms with Gasteiger partial charge in [0.25, 0.3) is 0 Å². The Morgan fingerprint density at radius 3 is 2.39 bits per heavy atom. The molecule has 2 aromatic rings. The van der Waals surface area contributed by atoms with Crippen LogP contribution in [0.25, 0.3) is 0 Å². The first-order valence-electron chi connectivity index (χ1n) is 9.64. The molecule has 6 heteroatoms. The quantitative estimate of drug-likeness (QED) is 0.557. The molecule has 0 unspecified atom stereocenters. The van der Waals surface area contributed by atoms with E-state index in [0.29, 0.717) is 24.1 Å². The van der Waals surface area contributed by atoms with Crippen LogP contribution in [0.15, 0.2) is 42.5 Å². The highest BCUT2D eigenvalue weighted by atomic mass is 35.5. The summed E-state index contributed by atoms with van der Waals surface area (Å²) < 4.78 is 11.9. The second-order valence-corrected chi connectivity index (χ2v) is 7.53. The molecule has 0 radical (unpaired) electrons. The molecule has 1 aliphatic rings. The Kier molecular flexibility index (Phi) is 7.18. The number of piperazine rings is 1. The molecule has 0 aliphatic carbocycles. The van der Waals surface area contributed by atoms with E-state index in [1.165, 1.54) is 0 Å². The van der Waals surface area contributed by atoms with E-state index < -0.39 is 0 Å². The lowest BCUT2D eigenvalue weighted by atomic mass is 10.2. The van der Waals surface area contributed by atoms with Gasteiger partial charge in [-0.2, -0.15) is 0 Å². The van der Waals surface area contributed by atoms with E-state index in [9.17, 15) is 0 Å². The molecule has 28 heavy (non-hydrogen) atoms. The number of hydrogen-bond donors (Lipinski definition) is 1. The van der Waals surface area contributed by atoms with Crippen LogP contribution >= 0.6 is 11.6 Å². The molecule has 0 saturated carbocycles. The summed E-state index contributed by atoms with van der Waals surface area (Å²) in [7, 11) is 0. The second kappa shape index (κ2) is 9.80. The van der Waals surface area contributed by atoms with Crippen LogP contribution in [-0.2, 0) is 6.61 Å². The van der Waals surface area contributed by atoms with Gasteiger partial charge in [0.1, 0.15) is 24.7 Å². The first kappa shape index (κ1) is 20.5. The minimum Gasteiger partial charge on any atom is -0.492 e. The number of nitrogens with one attached hydrogen (secondary N) is 1. The summed E-state index contributed by atoms with van der Waals surface area (Å²) in [5, 5.41) is 8.42. The molecule has 2 aromatic carbocycles. The molecule has 3 rings (SSSR count). The number of ether oxygens (including phenoxy) is 2. The van der Waals surface area contributed by atoms with Gasteiger partial charge in [0.15, 0.2) is 0 Å². The Balaban J connectivity index is 1.48. The average molecular weight is 402 g/mol. The van der Waals surface area contributed by atoms with Gasteiger partial charge in [-0.15, -0.1) is 0 Å². The van der Waals surface area contributed by atoms with Crippen molar-refractivity contribution in [3.63, 3.8) is 0 Å². The van der Waals surface area contributed by atoms with Crippen molar-refractivity contribution in [3.8, 4) is 11.5 Å².